The van der Waals surface area contributed by atoms with Crippen molar-refractivity contribution in [2.75, 3.05) is 6.61 Å². The Morgan fingerprint density at radius 1 is 1.54 bits per heavy atom. The Kier molecular flexibility index (Phi) is 4.72. The molecule has 0 unspecified atom stereocenters. The van der Waals surface area contributed by atoms with Gasteiger partial charge in [0.2, 0.25) is 0 Å². The number of esters is 1. The van der Waals surface area contributed by atoms with Crippen LogP contribution in [0.25, 0.3) is 0 Å². The predicted molar refractivity (Wildman–Crippen MR) is 45.8 cm³/mol. The number of carboxylic acids is 1. The maximum atomic E-state index is 10.4. The molecule has 0 aliphatic rings. The summed E-state index contributed by atoms with van der Waals surface area (Å²) in [6, 6.07) is 0. The van der Waals surface area contributed by atoms with E-state index >= 15 is 0 Å². The summed E-state index contributed by atoms with van der Waals surface area (Å²) < 4.78 is 4.62. The second kappa shape index (κ2) is 5.29. The van der Waals surface area contributed by atoms with Crippen LogP contribution in [-0.2, 0) is 14.3 Å². The van der Waals surface area contributed by atoms with Crippen molar-refractivity contribution in [3.8, 4) is 0 Å². The van der Waals surface area contributed by atoms with E-state index in [0.717, 1.165) is 0 Å². The van der Waals surface area contributed by atoms with Crippen LogP contribution >= 0.6 is 0 Å². The summed E-state index contributed by atoms with van der Waals surface area (Å²) in [6.07, 6.45) is 0.471. The highest BCUT2D eigenvalue weighted by atomic mass is 16.5. The lowest BCUT2D eigenvalue weighted by atomic mass is 10.0. The first-order valence-corrected chi connectivity index (χ1v) is 3.94. The van der Waals surface area contributed by atoms with Gasteiger partial charge in [-0.25, -0.2) is 4.79 Å². The molecule has 5 heteroatoms. The van der Waals surface area contributed by atoms with Crippen molar-refractivity contribution in [3.63, 3.8) is 0 Å². The molecule has 0 saturated carbocycles. The smallest absolute Gasteiger partial charge is 0.349 e. The van der Waals surface area contributed by atoms with Gasteiger partial charge in [-0.05, 0) is 6.42 Å². The SMILES string of the molecule is CC[C@H](COC(C)=O)C(=N)C(=O)O. The topological polar surface area (TPSA) is 87.5 Å². The zero-order valence-electron chi connectivity index (χ0n) is 7.66. The lowest BCUT2D eigenvalue weighted by Gasteiger charge is -2.12. The molecule has 0 bridgehead atoms. The van der Waals surface area contributed by atoms with E-state index in [2.05, 4.69) is 4.74 Å². The summed E-state index contributed by atoms with van der Waals surface area (Å²) >= 11 is 0. The fourth-order valence-electron chi connectivity index (χ4n) is 0.798. The molecule has 0 rings (SSSR count). The van der Waals surface area contributed by atoms with Crippen molar-refractivity contribution >= 4 is 17.7 Å². The van der Waals surface area contributed by atoms with Gasteiger partial charge >= 0.3 is 11.9 Å². The number of rotatable bonds is 5. The van der Waals surface area contributed by atoms with E-state index in [0.29, 0.717) is 6.42 Å². The van der Waals surface area contributed by atoms with Gasteiger partial charge in [0.05, 0.1) is 6.61 Å². The predicted octanol–water partition coefficient (Wildman–Crippen LogP) is 0.680. The molecule has 0 spiro atoms. The fraction of sp³-hybridized carbons (Fsp3) is 0.625. The van der Waals surface area contributed by atoms with E-state index in [1.165, 1.54) is 6.92 Å². The third-order valence-corrected chi connectivity index (χ3v) is 1.62. The van der Waals surface area contributed by atoms with Gasteiger partial charge in [0.25, 0.3) is 0 Å². The van der Waals surface area contributed by atoms with E-state index in [-0.39, 0.29) is 6.61 Å². The van der Waals surface area contributed by atoms with Crippen molar-refractivity contribution < 1.29 is 19.4 Å². The highest BCUT2D eigenvalue weighted by molar-refractivity contribution is 6.35. The molecular weight excluding hydrogens is 174 g/mol. The molecule has 0 saturated heterocycles. The fourth-order valence-corrected chi connectivity index (χ4v) is 0.798. The van der Waals surface area contributed by atoms with Gasteiger partial charge in [0.15, 0.2) is 0 Å². The molecule has 13 heavy (non-hydrogen) atoms. The first-order chi connectivity index (χ1) is 5.99. The van der Waals surface area contributed by atoms with Gasteiger partial charge in [0.1, 0.15) is 5.71 Å². The molecule has 74 valence electrons. The van der Waals surface area contributed by atoms with E-state index in [4.69, 9.17) is 10.5 Å². The van der Waals surface area contributed by atoms with Crippen LogP contribution in [-0.4, -0.2) is 29.4 Å². The van der Waals surface area contributed by atoms with E-state index < -0.39 is 23.6 Å². The Morgan fingerprint density at radius 3 is 2.38 bits per heavy atom. The Labute approximate surface area is 76.2 Å². The van der Waals surface area contributed by atoms with E-state index in [9.17, 15) is 9.59 Å². The van der Waals surface area contributed by atoms with Crippen LogP contribution in [0.15, 0.2) is 0 Å². The second-order valence-corrected chi connectivity index (χ2v) is 2.63. The minimum Gasteiger partial charge on any atom is -0.477 e. The van der Waals surface area contributed by atoms with Crippen LogP contribution in [0.5, 0.6) is 0 Å². The van der Waals surface area contributed by atoms with Crippen molar-refractivity contribution in [1.82, 2.24) is 0 Å². The highest BCUT2D eigenvalue weighted by Gasteiger charge is 2.19. The number of hydrogen-bond acceptors (Lipinski definition) is 4. The first kappa shape index (κ1) is 11.6. The van der Waals surface area contributed by atoms with Crippen LogP contribution in [0.2, 0.25) is 0 Å². The highest BCUT2D eigenvalue weighted by Crippen LogP contribution is 2.05. The number of carbonyl (C=O) groups is 2. The summed E-state index contributed by atoms with van der Waals surface area (Å²) in [4.78, 5) is 20.8. The molecule has 2 N–H and O–H groups in total. The summed E-state index contributed by atoms with van der Waals surface area (Å²) in [7, 11) is 0. The second-order valence-electron chi connectivity index (χ2n) is 2.63. The van der Waals surface area contributed by atoms with Gasteiger partial charge in [0, 0.05) is 12.8 Å². The summed E-state index contributed by atoms with van der Waals surface area (Å²) in [5.74, 6) is -2.24. The first-order valence-electron chi connectivity index (χ1n) is 3.94. The van der Waals surface area contributed by atoms with Crippen LogP contribution in [0.4, 0.5) is 0 Å². The number of nitrogens with one attached hydrogen (secondary N) is 1. The van der Waals surface area contributed by atoms with Crippen LogP contribution in [0, 0.1) is 11.3 Å². The normalized spacial score (nSPS) is 11.8. The average Bonchev–Trinajstić information content (AvgIpc) is 2.04. The molecule has 0 fully saturated rings. The molecule has 0 radical (unpaired) electrons. The monoisotopic (exact) mass is 187 g/mol. The standard InChI is InChI=1S/C8H13NO4/c1-3-6(4-13-5(2)10)7(9)8(11)12/h6,9H,3-4H2,1-2H3,(H,11,12)/t6-/m1/s1. The van der Waals surface area contributed by atoms with Crippen LogP contribution in [0.1, 0.15) is 20.3 Å². The van der Waals surface area contributed by atoms with Gasteiger partial charge in [-0.2, -0.15) is 0 Å². The summed E-state index contributed by atoms with van der Waals surface area (Å²) in [6.45, 7) is 2.96. The maximum Gasteiger partial charge on any atom is 0.349 e. The zero-order chi connectivity index (χ0) is 10.4. The lowest BCUT2D eigenvalue weighted by molar-refractivity contribution is -0.142. The van der Waals surface area contributed by atoms with Gasteiger partial charge in [-0.3, -0.25) is 10.2 Å². The van der Waals surface area contributed by atoms with Crippen molar-refractivity contribution in [1.29, 1.82) is 5.41 Å². The molecule has 5 nitrogen and oxygen atoms in total. The van der Waals surface area contributed by atoms with Gasteiger partial charge < -0.3 is 9.84 Å². The molecule has 0 aromatic rings. The van der Waals surface area contributed by atoms with Crippen molar-refractivity contribution in [3.05, 3.63) is 0 Å². The van der Waals surface area contributed by atoms with Crippen molar-refractivity contribution in [2.45, 2.75) is 20.3 Å². The minimum atomic E-state index is -1.26. The Balaban J connectivity index is 4.10. The lowest BCUT2D eigenvalue weighted by Crippen LogP contribution is -2.26. The van der Waals surface area contributed by atoms with Crippen LogP contribution in [0.3, 0.4) is 0 Å². The zero-order valence-corrected chi connectivity index (χ0v) is 7.66. The minimum absolute atomic E-state index is 0.0308. The van der Waals surface area contributed by atoms with Crippen LogP contribution < -0.4 is 0 Å². The molecule has 0 amide bonds. The van der Waals surface area contributed by atoms with Gasteiger partial charge in [-0.1, -0.05) is 6.92 Å². The Hall–Kier alpha value is -1.39. The molecule has 0 aromatic heterocycles. The maximum absolute atomic E-state index is 10.4. The number of carbonyl (C=O) groups excluding carboxylic acids is 1. The van der Waals surface area contributed by atoms with E-state index in [1.54, 1.807) is 6.92 Å². The molecule has 1 atom stereocenters. The third-order valence-electron chi connectivity index (χ3n) is 1.62. The molecule has 0 aliphatic heterocycles. The largest absolute Gasteiger partial charge is 0.477 e. The Bertz CT molecular complexity index is 224. The summed E-state index contributed by atoms with van der Waals surface area (Å²) in [5, 5.41) is 15.6. The van der Waals surface area contributed by atoms with E-state index in [1.807, 2.05) is 0 Å². The molecular formula is C8H13NO4. The molecule has 0 aromatic carbocycles. The third kappa shape index (κ3) is 4.25. The number of hydrogen-bond donors (Lipinski definition) is 2. The molecule has 0 aliphatic carbocycles. The quantitative estimate of drug-likeness (QED) is 0.489. The Morgan fingerprint density at radius 2 is 2.08 bits per heavy atom. The van der Waals surface area contributed by atoms with Gasteiger partial charge in [-0.15, -0.1) is 0 Å². The van der Waals surface area contributed by atoms with Crippen molar-refractivity contribution in [2.24, 2.45) is 5.92 Å². The average molecular weight is 187 g/mol. The molecule has 0 heterocycles. The summed E-state index contributed by atoms with van der Waals surface area (Å²) in [5.41, 5.74) is -0.413. The number of aliphatic carboxylic acids is 1. The number of ether oxygens (including phenoxy) is 1. The number of carboxylic acid groups (broad SMARTS) is 1.